The van der Waals surface area contributed by atoms with Crippen molar-refractivity contribution in [2.24, 2.45) is 17.8 Å². The molecule has 0 aromatic carbocycles. The molecule has 136 valence electrons. The van der Waals surface area contributed by atoms with Crippen molar-refractivity contribution < 1.29 is 44.0 Å². The fourth-order valence-electron chi connectivity index (χ4n) is 2.95. The predicted octanol–water partition coefficient (Wildman–Crippen LogP) is 0.942. The second kappa shape index (κ2) is 8.97. The van der Waals surface area contributed by atoms with Crippen molar-refractivity contribution in [2.45, 2.75) is 37.3 Å². The summed E-state index contributed by atoms with van der Waals surface area (Å²) < 4.78 is 10.5. The van der Waals surface area contributed by atoms with Gasteiger partial charge in [0.15, 0.2) is 0 Å². The van der Waals surface area contributed by atoms with Gasteiger partial charge in [0.05, 0.1) is 18.9 Å². The molecule has 1 aliphatic rings. The van der Waals surface area contributed by atoms with Crippen LogP contribution < -0.4 is 0 Å². The highest BCUT2D eigenvalue weighted by molar-refractivity contribution is 9.09. The molecule has 1 rings (SSSR count). The summed E-state index contributed by atoms with van der Waals surface area (Å²) >= 11 is 3.19. The monoisotopic (exact) mass is 410 g/mol. The molecule has 0 aromatic heterocycles. The number of rotatable bonds is 8. The van der Waals surface area contributed by atoms with Crippen molar-refractivity contribution in [2.75, 3.05) is 6.61 Å². The van der Waals surface area contributed by atoms with E-state index >= 15 is 0 Å². The molecule has 0 spiro atoms. The molecule has 1 saturated heterocycles. The molecule has 0 saturated carbocycles. The third kappa shape index (κ3) is 6.08. The van der Waals surface area contributed by atoms with Crippen LogP contribution in [0.1, 0.15) is 26.2 Å². The Hall–Kier alpha value is -1.68. The molecule has 9 nitrogen and oxygen atoms in total. The van der Waals surface area contributed by atoms with Gasteiger partial charge in [-0.1, -0.05) is 15.9 Å². The van der Waals surface area contributed by atoms with Crippen LogP contribution in [0.4, 0.5) is 0 Å². The summed E-state index contributed by atoms with van der Waals surface area (Å²) in [6.07, 6.45) is -2.04. The zero-order valence-corrected chi connectivity index (χ0v) is 14.5. The fraction of sp³-hybridized carbons (Fsp3) is 0.714. The molecule has 0 aromatic rings. The molecule has 0 amide bonds. The van der Waals surface area contributed by atoms with Crippen LogP contribution in [-0.2, 0) is 28.7 Å². The maximum atomic E-state index is 11.2. The van der Waals surface area contributed by atoms with Gasteiger partial charge in [0, 0.05) is 25.2 Å². The van der Waals surface area contributed by atoms with Crippen LogP contribution in [0, 0.1) is 17.8 Å². The highest BCUT2D eigenvalue weighted by Gasteiger charge is 2.47. The minimum absolute atomic E-state index is 0.231. The third-order valence-electron chi connectivity index (χ3n) is 3.90. The Morgan fingerprint density at radius 1 is 0.917 bits per heavy atom. The van der Waals surface area contributed by atoms with Crippen molar-refractivity contribution in [1.82, 2.24) is 0 Å². The molecule has 0 bridgehead atoms. The molecular weight excluding hydrogens is 392 g/mol. The highest BCUT2D eigenvalue weighted by atomic mass is 79.9. The van der Waals surface area contributed by atoms with Crippen molar-refractivity contribution >= 4 is 39.8 Å². The van der Waals surface area contributed by atoms with E-state index in [1.54, 1.807) is 0 Å². The van der Waals surface area contributed by atoms with Gasteiger partial charge in [-0.15, -0.1) is 0 Å². The van der Waals surface area contributed by atoms with Gasteiger partial charge in [-0.05, 0) is 5.92 Å². The summed E-state index contributed by atoms with van der Waals surface area (Å²) in [5.74, 6) is -6.34. The number of carboxylic acids is 3. The minimum Gasteiger partial charge on any atom is -0.481 e. The van der Waals surface area contributed by atoms with E-state index in [4.69, 9.17) is 24.8 Å². The Bertz CT molecular complexity index is 506. The first-order chi connectivity index (χ1) is 11.1. The summed E-state index contributed by atoms with van der Waals surface area (Å²) in [6, 6.07) is 0. The zero-order valence-electron chi connectivity index (χ0n) is 12.9. The number of aliphatic carboxylic acids is 3. The number of carbonyl (C=O) groups excluding carboxylic acids is 1. The number of hydrogen-bond acceptors (Lipinski definition) is 6. The SMILES string of the molecule is CC(=O)OC[C@@H]1O[C@H](Br)[C@H](CC(=O)O)[C@@H](CC(=O)O)[C@@H]1CC(=O)O. The quantitative estimate of drug-likeness (QED) is 0.392. The second-order valence-corrected chi connectivity index (χ2v) is 6.52. The lowest BCUT2D eigenvalue weighted by Crippen LogP contribution is -2.49. The first kappa shape index (κ1) is 20.4. The molecule has 1 aliphatic heterocycles. The number of ether oxygens (including phenoxy) is 2. The van der Waals surface area contributed by atoms with Crippen molar-refractivity contribution in [1.29, 1.82) is 0 Å². The van der Waals surface area contributed by atoms with E-state index in [-0.39, 0.29) is 13.0 Å². The second-order valence-electron chi connectivity index (χ2n) is 5.61. The van der Waals surface area contributed by atoms with E-state index in [1.165, 1.54) is 6.92 Å². The van der Waals surface area contributed by atoms with E-state index < -0.39 is 65.6 Å². The van der Waals surface area contributed by atoms with Crippen molar-refractivity contribution in [3.05, 3.63) is 0 Å². The average molecular weight is 411 g/mol. The van der Waals surface area contributed by atoms with Crippen LogP contribution in [0.3, 0.4) is 0 Å². The molecule has 10 heteroatoms. The fourth-order valence-corrected chi connectivity index (χ4v) is 3.81. The van der Waals surface area contributed by atoms with Gasteiger partial charge in [0.25, 0.3) is 0 Å². The number of halogens is 1. The smallest absolute Gasteiger partial charge is 0.303 e. The van der Waals surface area contributed by atoms with E-state index in [1.807, 2.05) is 0 Å². The van der Waals surface area contributed by atoms with Gasteiger partial charge in [0.2, 0.25) is 0 Å². The summed E-state index contributed by atoms with van der Waals surface area (Å²) in [5, 5.41) is 26.5. The molecule has 3 N–H and O–H groups in total. The van der Waals surface area contributed by atoms with Crippen LogP contribution in [0.5, 0.6) is 0 Å². The van der Waals surface area contributed by atoms with Crippen molar-refractivity contribution in [3.8, 4) is 0 Å². The third-order valence-corrected chi connectivity index (χ3v) is 4.80. The molecular formula is C14H19BrO9. The Morgan fingerprint density at radius 3 is 1.83 bits per heavy atom. The van der Waals surface area contributed by atoms with Gasteiger partial charge in [0.1, 0.15) is 11.6 Å². The molecule has 1 heterocycles. The predicted molar refractivity (Wildman–Crippen MR) is 81.4 cm³/mol. The van der Waals surface area contributed by atoms with Gasteiger partial charge in [-0.25, -0.2) is 0 Å². The van der Waals surface area contributed by atoms with E-state index in [0.717, 1.165) is 0 Å². The summed E-state index contributed by atoms with van der Waals surface area (Å²) in [5.41, 5.74) is 0. The lowest BCUT2D eigenvalue weighted by Gasteiger charge is -2.44. The van der Waals surface area contributed by atoms with E-state index in [2.05, 4.69) is 15.9 Å². The molecule has 0 radical (unpaired) electrons. The minimum atomic E-state index is -1.17. The standard InChI is InChI=1S/C14H19BrO9/c1-6(16)23-5-10-8(3-12(19)20)7(2-11(17)18)9(4-13(21)22)14(15)24-10/h7-10,14H,2-5H2,1H3,(H,17,18)(H,19,20)(H,21,22)/t7-,8-,9+,10-,14-/m0/s1. The van der Waals surface area contributed by atoms with E-state index in [9.17, 15) is 19.2 Å². The summed E-state index contributed by atoms with van der Waals surface area (Å²) in [7, 11) is 0. The van der Waals surface area contributed by atoms with Crippen LogP contribution in [-0.4, -0.2) is 56.9 Å². The van der Waals surface area contributed by atoms with Crippen LogP contribution in [0.2, 0.25) is 0 Å². The molecule has 24 heavy (non-hydrogen) atoms. The number of esters is 1. The topological polar surface area (TPSA) is 147 Å². The Labute approximate surface area is 146 Å². The number of carbonyl (C=O) groups is 4. The van der Waals surface area contributed by atoms with E-state index in [0.29, 0.717) is 0 Å². The lowest BCUT2D eigenvalue weighted by atomic mass is 9.72. The number of hydrogen-bond donors (Lipinski definition) is 3. The maximum absolute atomic E-state index is 11.2. The largest absolute Gasteiger partial charge is 0.481 e. The summed E-state index contributed by atoms with van der Waals surface area (Å²) in [6.45, 7) is 0.952. The average Bonchev–Trinajstić information content (AvgIpc) is 2.42. The highest BCUT2D eigenvalue weighted by Crippen LogP contribution is 2.43. The first-order valence-electron chi connectivity index (χ1n) is 7.20. The molecule has 0 aliphatic carbocycles. The first-order valence-corrected chi connectivity index (χ1v) is 8.11. The molecule has 0 unspecified atom stereocenters. The number of alkyl halides is 1. The van der Waals surface area contributed by atoms with Gasteiger partial charge >= 0.3 is 23.9 Å². The Kier molecular flexibility index (Phi) is 7.61. The normalized spacial score (nSPS) is 29.7. The molecule has 5 atom stereocenters. The maximum Gasteiger partial charge on any atom is 0.303 e. The lowest BCUT2D eigenvalue weighted by molar-refractivity contribution is -0.171. The van der Waals surface area contributed by atoms with Crippen LogP contribution in [0.15, 0.2) is 0 Å². The van der Waals surface area contributed by atoms with Gasteiger partial charge in [-0.3, -0.25) is 19.2 Å². The van der Waals surface area contributed by atoms with Gasteiger partial charge < -0.3 is 24.8 Å². The zero-order chi connectivity index (χ0) is 18.4. The molecule has 1 fully saturated rings. The Morgan fingerprint density at radius 2 is 1.38 bits per heavy atom. The van der Waals surface area contributed by atoms with Gasteiger partial charge in [-0.2, -0.15) is 0 Å². The van der Waals surface area contributed by atoms with Crippen LogP contribution >= 0.6 is 15.9 Å². The summed E-state index contributed by atoms with van der Waals surface area (Å²) in [4.78, 5) is 44.4. The number of carboxylic acid groups (broad SMARTS) is 3. The van der Waals surface area contributed by atoms with Crippen LogP contribution in [0.25, 0.3) is 0 Å². The Balaban J connectivity index is 3.11. The van der Waals surface area contributed by atoms with Crippen molar-refractivity contribution in [3.63, 3.8) is 0 Å².